The van der Waals surface area contributed by atoms with E-state index in [0.29, 0.717) is 0 Å². The van der Waals surface area contributed by atoms with Gasteiger partial charge in [-0.1, -0.05) is 0 Å². The Kier molecular flexibility index (Phi) is 2.71. The second-order valence-corrected chi connectivity index (χ2v) is 4.55. The highest BCUT2D eigenvalue weighted by Crippen LogP contribution is 2.42. The summed E-state index contributed by atoms with van der Waals surface area (Å²) in [5.74, 6) is -1.53. The van der Waals surface area contributed by atoms with Gasteiger partial charge in [-0.05, 0) is 13.0 Å². The van der Waals surface area contributed by atoms with Crippen molar-refractivity contribution < 1.29 is 18.3 Å². The molecule has 0 aliphatic heterocycles. The van der Waals surface area contributed by atoms with Gasteiger partial charge in [0.2, 0.25) is 11.5 Å². The van der Waals surface area contributed by atoms with E-state index < -0.39 is 11.6 Å². The first kappa shape index (κ1) is 11.1. The smallest absolute Gasteiger partial charge is 0.201 e. The van der Waals surface area contributed by atoms with E-state index >= 15 is 0 Å². The lowest BCUT2D eigenvalue weighted by Gasteiger charge is -2.10. The Hall–Kier alpha value is -1.36. The van der Waals surface area contributed by atoms with Crippen LogP contribution in [0.2, 0.25) is 0 Å². The van der Waals surface area contributed by atoms with Gasteiger partial charge < -0.3 is 9.47 Å². The minimum absolute atomic E-state index is 0.186. The van der Waals surface area contributed by atoms with Crippen LogP contribution in [0.3, 0.4) is 0 Å². The summed E-state index contributed by atoms with van der Waals surface area (Å²) in [6, 6.07) is 1.60. The second-order valence-electron chi connectivity index (χ2n) is 3.29. The van der Waals surface area contributed by atoms with E-state index in [-0.39, 0.29) is 21.6 Å². The molecule has 0 fully saturated rings. The first-order valence-corrected chi connectivity index (χ1v) is 5.40. The molecule has 0 saturated carbocycles. The van der Waals surface area contributed by atoms with Gasteiger partial charge in [-0.3, -0.25) is 0 Å². The van der Waals surface area contributed by atoms with Crippen molar-refractivity contribution in [2.24, 2.45) is 0 Å². The van der Waals surface area contributed by atoms with Crippen molar-refractivity contribution in [3.8, 4) is 11.5 Å². The fourth-order valence-electron chi connectivity index (χ4n) is 1.63. The van der Waals surface area contributed by atoms with Crippen LogP contribution in [0.15, 0.2) is 6.07 Å². The van der Waals surface area contributed by atoms with E-state index in [0.717, 1.165) is 4.88 Å². The molecule has 1 aromatic heterocycles. The predicted octanol–water partition coefficient (Wildman–Crippen LogP) is 3.51. The van der Waals surface area contributed by atoms with E-state index in [1.54, 1.807) is 13.0 Å². The van der Waals surface area contributed by atoms with Crippen LogP contribution in [0.5, 0.6) is 11.5 Å². The molecule has 86 valence electrons. The summed E-state index contributed by atoms with van der Waals surface area (Å²) in [4.78, 5) is 0.836. The number of benzene rings is 1. The van der Waals surface area contributed by atoms with Crippen LogP contribution in [0.1, 0.15) is 4.88 Å². The lowest BCUT2D eigenvalue weighted by molar-refractivity contribution is 0.326. The van der Waals surface area contributed by atoms with E-state index in [1.165, 1.54) is 25.6 Å². The van der Waals surface area contributed by atoms with Crippen LogP contribution in [0.4, 0.5) is 8.78 Å². The topological polar surface area (TPSA) is 18.5 Å². The number of fused-ring (bicyclic) bond motifs is 1. The average Bonchev–Trinajstić information content (AvgIpc) is 2.65. The number of thiophene rings is 1. The van der Waals surface area contributed by atoms with Gasteiger partial charge in [-0.25, -0.2) is 8.78 Å². The molecule has 0 atom stereocenters. The van der Waals surface area contributed by atoms with Crippen molar-refractivity contribution in [2.75, 3.05) is 14.2 Å². The van der Waals surface area contributed by atoms with E-state index in [9.17, 15) is 8.78 Å². The minimum atomic E-state index is -0.583. The highest BCUT2D eigenvalue weighted by Gasteiger charge is 2.22. The van der Waals surface area contributed by atoms with E-state index in [2.05, 4.69) is 0 Å². The number of hydrogen-bond acceptors (Lipinski definition) is 3. The zero-order valence-corrected chi connectivity index (χ0v) is 9.87. The first-order valence-electron chi connectivity index (χ1n) is 4.59. The monoisotopic (exact) mass is 244 g/mol. The van der Waals surface area contributed by atoms with Crippen molar-refractivity contribution in [2.45, 2.75) is 6.92 Å². The van der Waals surface area contributed by atoms with Crippen molar-refractivity contribution in [3.05, 3.63) is 22.6 Å². The van der Waals surface area contributed by atoms with Crippen molar-refractivity contribution in [3.63, 3.8) is 0 Å². The second kappa shape index (κ2) is 3.90. The number of rotatable bonds is 2. The largest absolute Gasteiger partial charge is 0.490 e. The zero-order valence-electron chi connectivity index (χ0n) is 9.06. The number of ether oxygens (including phenoxy) is 2. The summed E-state index contributed by atoms with van der Waals surface area (Å²) in [6.07, 6.45) is 0. The number of hydrogen-bond donors (Lipinski definition) is 0. The molecule has 0 radical (unpaired) electrons. The molecule has 0 aliphatic rings. The maximum atomic E-state index is 13.9. The molecular weight excluding hydrogens is 234 g/mol. The third-order valence-electron chi connectivity index (χ3n) is 2.30. The molecule has 0 saturated heterocycles. The van der Waals surface area contributed by atoms with Crippen LogP contribution in [0, 0.1) is 18.6 Å². The molecule has 0 unspecified atom stereocenters. The molecule has 0 amide bonds. The van der Waals surface area contributed by atoms with Gasteiger partial charge >= 0.3 is 0 Å². The maximum Gasteiger partial charge on any atom is 0.201 e. The number of aryl methyl sites for hydroxylation is 1. The standard InChI is InChI=1S/C11H10F2O2S/c1-5-4-6-7(12)9(14-2)10(15-3)8(13)11(6)16-5/h4H,1-3H3. The Balaban J connectivity index is 2.92. The SMILES string of the molecule is COc1c(OC)c(F)c2sc(C)cc2c1F. The summed E-state index contributed by atoms with van der Waals surface area (Å²) in [5, 5.41) is 0.234. The van der Waals surface area contributed by atoms with E-state index in [1.807, 2.05) is 0 Å². The predicted molar refractivity (Wildman–Crippen MR) is 59.6 cm³/mol. The van der Waals surface area contributed by atoms with Gasteiger partial charge in [-0.15, -0.1) is 11.3 Å². The molecule has 2 rings (SSSR count). The fourth-order valence-corrected chi connectivity index (χ4v) is 2.57. The van der Waals surface area contributed by atoms with Crippen LogP contribution in [-0.2, 0) is 0 Å². The summed E-state index contributed by atoms with van der Waals surface area (Å²) >= 11 is 1.19. The van der Waals surface area contributed by atoms with Crippen molar-refractivity contribution >= 4 is 21.4 Å². The molecule has 1 aromatic carbocycles. The third kappa shape index (κ3) is 1.43. The van der Waals surface area contributed by atoms with E-state index in [4.69, 9.17) is 9.47 Å². The molecule has 0 aliphatic carbocycles. The molecule has 2 aromatic rings. The quantitative estimate of drug-likeness (QED) is 0.804. The van der Waals surface area contributed by atoms with Gasteiger partial charge in [0.15, 0.2) is 11.6 Å². The molecule has 16 heavy (non-hydrogen) atoms. The zero-order chi connectivity index (χ0) is 11.9. The van der Waals surface area contributed by atoms with Crippen LogP contribution in [-0.4, -0.2) is 14.2 Å². The van der Waals surface area contributed by atoms with Gasteiger partial charge in [0.25, 0.3) is 0 Å². The average molecular weight is 244 g/mol. The molecule has 0 bridgehead atoms. The summed E-state index contributed by atoms with van der Waals surface area (Å²) in [6.45, 7) is 1.79. The van der Waals surface area contributed by atoms with Gasteiger partial charge in [0, 0.05) is 10.3 Å². The Labute approximate surface area is 95.4 Å². The Morgan fingerprint density at radius 1 is 1.06 bits per heavy atom. The summed E-state index contributed by atoms with van der Waals surface area (Å²) in [5.41, 5.74) is 0. The van der Waals surface area contributed by atoms with Crippen LogP contribution in [0.25, 0.3) is 10.1 Å². The normalized spacial score (nSPS) is 10.8. The molecule has 1 heterocycles. The first-order chi connectivity index (χ1) is 7.60. The maximum absolute atomic E-state index is 13.9. The highest BCUT2D eigenvalue weighted by atomic mass is 32.1. The lowest BCUT2D eigenvalue weighted by Crippen LogP contribution is -1.97. The summed E-state index contributed by atoms with van der Waals surface area (Å²) < 4.78 is 37.8. The molecule has 0 N–H and O–H groups in total. The highest BCUT2D eigenvalue weighted by molar-refractivity contribution is 7.19. The third-order valence-corrected chi connectivity index (χ3v) is 3.35. The Morgan fingerprint density at radius 3 is 2.19 bits per heavy atom. The van der Waals surface area contributed by atoms with Crippen LogP contribution < -0.4 is 9.47 Å². The minimum Gasteiger partial charge on any atom is -0.490 e. The van der Waals surface area contributed by atoms with Gasteiger partial charge in [-0.2, -0.15) is 0 Å². The van der Waals surface area contributed by atoms with Gasteiger partial charge in [0.05, 0.1) is 18.9 Å². The van der Waals surface area contributed by atoms with Crippen LogP contribution >= 0.6 is 11.3 Å². The molecule has 2 nitrogen and oxygen atoms in total. The molecule has 0 spiro atoms. The number of halogens is 2. The lowest BCUT2D eigenvalue weighted by atomic mass is 10.2. The van der Waals surface area contributed by atoms with Crippen molar-refractivity contribution in [1.82, 2.24) is 0 Å². The van der Waals surface area contributed by atoms with Crippen molar-refractivity contribution in [1.29, 1.82) is 0 Å². The Bertz CT molecular complexity index is 502. The summed E-state index contributed by atoms with van der Waals surface area (Å²) in [7, 11) is 2.57. The van der Waals surface area contributed by atoms with Gasteiger partial charge in [0.1, 0.15) is 0 Å². The Morgan fingerprint density at radius 2 is 1.62 bits per heavy atom. The number of methoxy groups -OCH3 is 2. The molecular formula is C11H10F2O2S. The fraction of sp³-hybridized carbons (Fsp3) is 0.273. The molecule has 5 heteroatoms.